The van der Waals surface area contributed by atoms with Gasteiger partial charge in [-0.25, -0.2) is 0 Å². The summed E-state index contributed by atoms with van der Waals surface area (Å²) in [4.78, 5) is 1.13. The van der Waals surface area contributed by atoms with Crippen LogP contribution in [0.25, 0.3) is 0 Å². The van der Waals surface area contributed by atoms with Crippen molar-refractivity contribution >= 4 is 35.0 Å². The van der Waals surface area contributed by atoms with Gasteiger partial charge >= 0.3 is 0 Å². The molecule has 0 atom stereocenters. The van der Waals surface area contributed by atoms with Crippen LogP contribution in [0.4, 0.5) is 0 Å². The number of nitrogens with two attached hydrogens (primary N) is 1. The van der Waals surface area contributed by atoms with Crippen LogP contribution in [0, 0.1) is 0 Å². The number of hydrogen-bond acceptors (Lipinski definition) is 2. The van der Waals surface area contributed by atoms with E-state index in [4.69, 9.17) is 28.9 Å². The highest BCUT2D eigenvalue weighted by Gasteiger charge is 2.18. The first kappa shape index (κ1) is 13.2. The molecule has 1 nitrogen and oxygen atoms in total. The van der Waals surface area contributed by atoms with E-state index in [1.165, 1.54) is 0 Å². The summed E-state index contributed by atoms with van der Waals surface area (Å²) < 4.78 is 0.131. The van der Waals surface area contributed by atoms with Gasteiger partial charge in [-0.1, -0.05) is 37.0 Å². The molecule has 1 aromatic rings. The van der Waals surface area contributed by atoms with Crippen molar-refractivity contribution < 1.29 is 0 Å². The summed E-state index contributed by atoms with van der Waals surface area (Å²) in [6.45, 7) is 5.04. The molecular formula is C11H15Cl2NS. The molecule has 1 rings (SSSR count). The Labute approximate surface area is 105 Å². The molecule has 0 bridgehead atoms. The van der Waals surface area contributed by atoms with E-state index in [1.807, 2.05) is 18.2 Å². The van der Waals surface area contributed by atoms with Gasteiger partial charge in [-0.05, 0) is 31.2 Å². The maximum Gasteiger partial charge on any atom is 0.0603 e. The van der Waals surface area contributed by atoms with Crippen LogP contribution in [-0.4, -0.2) is 11.3 Å². The molecule has 0 heterocycles. The lowest BCUT2D eigenvalue weighted by Gasteiger charge is -2.23. The number of benzene rings is 1. The van der Waals surface area contributed by atoms with Crippen molar-refractivity contribution in [3.05, 3.63) is 28.2 Å². The molecule has 0 radical (unpaired) electrons. The van der Waals surface area contributed by atoms with E-state index in [0.29, 0.717) is 16.6 Å². The van der Waals surface area contributed by atoms with Gasteiger partial charge in [-0.3, -0.25) is 0 Å². The molecule has 0 saturated carbocycles. The quantitative estimate of drug-likeness (QED) is 0.824. The van der Waals surface area contributed by atoms with Gasteiger partial charge in [0.2, 0.25) is 0 Å². The van der Waals surface area contributed by atoms with Crippen LogP contribution in [0.2, 0.25) is 10.0 Å². The summed E-state index contributed by atoms with van der Waals surface area (Å²) in [7, 11) is 0. The van der Waals surface area contributed by atoms with Gasteiger partial charge in [0.05, 0.1) is 10.0 Å². The van der Waals surface area contributed by atoms with Gasteiger partial charge in [-0.2, -0.15) is 0 Å². The lowest BCUT2D eigenvalue weighted by Crippen LogP contribution is -2.19. The summed E-state index contributed by atoms with van der Waals surface area (Å²) in [5, 5.41) is 1.20. The minimum atomic E-state index is 0.131. The molecule has 1 aromatic carbocycles. The van der Waals surface area contributed by atoms with E-state index in [1.54, 1.807) is 11.8 Å². The van der Waals surface area contributed by atoms with Crippen molar-refractivity contribution in [2.75, 3.05) is 6.54 Å². The third-order valence-corrected chi connectivity index (χ3v) is 4.02. The molecule has 2 N–H and O–H groups in total. The molecule has 0 aliphatic rings. The summed E-state index contributed by atoms with van der Waals surface area (Å²) in [5.41, 5.74) is 5.56. The molecular weight excluding hydrogens is 249 g/mol. The van der Waals surface area contributed by atoms with Crippen LogP contribution in [0.1, 0.15) is 20.3 Å². The van der Waals surface area contributed by atoms with E-state index in [-0.39, 0.29) is 4.75 Å². The third kappa shape index (κ3) is 4.23. The molecule has 0 fully saturated rings. The summed E-state index contributed by atoms with van der Waals surface area (Å²) in [5.74, 6) is 0. The molecule has 0 aliphatic heterocycles. The van der Waals surface area contributed by atoms with Gasteiger partial charge in [0.15, 0.2) is 0 Å². The Morgan fingerprint density at radius 3 is 2.47 bits per heavy atom. The largest absolute Gasteiger partial charge is 0.330 e. The van der Waals surface area contributed by atoms with Crippen LogP contribution >= 0.6 is 35.0 Å². The van der Waals surface area contributed by atoms with E-state index in [9.17, 15) is 0 Å². The van der Waals surface area contributed by atoms with Crippen LogP contribution < -0.4 is 5.73 Å². The van der Waals surface area contributed by atoms with Crippen molar-refractivity contribution in [1.82, 2.24) is 0 Å². The first-order chi connectivity index (χ1) is 6.94. The predicted molar refractivity (Wildman–Crippen MR) is 70.1 cm³/mol. The van der Waals surface area contributed by atoms with Crippen molar-refractivity contribution in [1.29, 1.82) is 0 Å². The topological polar surface area (TPSA) is 26.0 Å². The lowest BCUT2D eigenvalue weighted by molar-refractivity contribution is 0.649. The average Bonchev–Trinajstić information content (AvgIpc) is 2.10. The molecule has 0 saturated heterocycles. The lowest BCUT2D eigenvalue weighted by atomic mass is 10.1. The second-order valence-corrected chi connectivity index (χ2v) is 6.57. The zero-order chi connectivity index (χ0) is 11.5. The highest BCUT2D eigenvalue weighted by molar-refractivity contribution is 8.00. The molecule has 0 amide bonds. The normalized spacial score (nSPS) is 11.8. The Kier molecular flexibility index (Phi) is 4.78. The second kappa shape index (κ2) is 5.44. The Bertz CT molecular complexity index is 339. The van der Waals surface area contributed by atoms with Crippen LogP contribution in [0.5, 0.6) is 0 Å². The van der Waals surface area contributed by atoms with Crippen molar-refractivity contribution in [3.8, 4) is 0 Å². The van der Waals surface area contributed by atoms with Gasteiger partial charge in [0.1, 0.15) is 0 Å². The minimum absolute atomic E-state index is 0.131. The standard InChI is InChI=1S/C11H15Cl2NS/c1-11(2,5-6-14)15-8-3-4-9(12)10(13)7-8/h3-4,7H,5-6,14H2,1-2H3. The summed E-state index contributed by atoms with van der Waals surface area (Å²) in [6, 6.07) is 5.70. The first-order valence-corrected chi connectivity index (χ1v) is 6.36. The van der Waals surface area contributed by atoms with Gasteiger partial charge in [-0.15, -0.1) is 11.8 Å². The van der Waals surface area contributed by atoms with Crippen LogP contribution in [0.15, 0.2) is 23.1 Å². The first-order valence-electron chi connectivity index (χ1n) is 4.79. The smallest absolute Gasteiger partial charge is 0.0603 e. The van der Waals surface area contributed by atoms with Crippen molar-refractivity contribution in [3.63, 3.8) is 0 Å². The zero-order valence-electron chi connectivity index (χ0n) is 8.89. The van der Waals surface area contributed by atoms with Gasteiger partial charge in [0.25, 0.3) is 0 Å². The second-order valence-electron chi connectivity index (χ2n) is 3.98. The molecule has 84 valence electrons. The maximum absolute atomic E-state index is 5.95. The summed E-state index contributed by atoms with van der Waals surface area (Å²) in [6.07, 6.45) is 0.970. The molecule has 0 aromatic heterocycles. The fraction of sp³-hybridized carbons (Fsp3) is 0.455. The van der Waals surface area contributed by atoms with Crippen LogP contribution in [0.3, 0.4) is 0 Å². The van der Waals surface area contributed by atoms with Crippen molar-refractivity contribution in [2.24, 2.45) is 5.73 Å². The van der Waals surface area contributed by atoms with E-state index in [2.05, 4.69) is 13.8 Å². The highest BCUT2D eigenvalue weighted by atomic mass is 35.5. The highest BCUT2D eigenvalue weighted by Crippen LogP contribution is 2.37. The van der Waals surface area contributed by atoms with E-state index in [0.717, 1.165) is 11.3 Å². The predicted octanol–water partition coefficient (Wildman–Crippen LogP) is 4.21. The molecule has 0 aliphatic carbocycles. The number of rotatable bonds is 4. The average molecular weight is 264 g/mol. The van der Waals surface area contributed by atoms with Gasteiger partial charge in [0, 0.05) is 9.64 Å². The summed E-state index contributed by atoms with van der Waals surface area (Å²) >= 11 is 13.6. The minimum Gasteiger partial charge on any atom is -0.330 e. The SMILES string of the molecule is CC(C)(CCN)Sc1ccc(Cl)c(Cl)c1. The number of thioether (sulfide) groups is 1. The van der Waals surface area contributed by atoms with Crippen molar-refractivity contribution in [2.45, 2.75) is 29.9 Å². The van der Waals surface area contributed by atoms with E-state index >= 15 is 0 Å². The zero-order valence-corrected chi connectivity index (χ0v) is 11.2. The molecule has 15 heavy (non-hydrogen) atoms. The Balaban J connectivity index is 2.76. The maximum atomic E-state index is 5.95. The fourth-order valence-corrected chi connectivity index (χ4v) is 2.79. The van der Waals surface area contributed by atoms with E-state index < -0.39 is 0 Å². The molecule has 0 spiro atoms. The van der Waals surface area contributed by atoms with Crippen LogP contribution in [-0.2, 0) is 0 Å². The Hall–Kier alpha value is 0.110. The molecule has 0 unspecified atom stereocenters. The number of hydrogen-bond donors (Lipinski definition) is 1. The Morgan fingerprint density at radius 1 is 1.27 bits per heavy atom. The number of halogens is 2. The fourth-order valence-electron chi connectivity index (χ4n) is 1.26. The van der Waals surface area contributed by atoms with Gasteiger partial charge < -0.3 is 5.73 Å². The Morgan fingerprint density at radius 2 is 1.93 bits per heavy atom. The third-order valence-electron chi connectivity index (χ3n) is 2.03. The monoisotopic (exact) mass is 263 g/mol. The molecule has 4 heteroatoms.